The molecule has 0 bridgehead atoms. The Morgan fingerprint density at radius 1 is 1.22 bits per heavy atom. The van der Waals surface area contributed by atoms with Gasteiger partial charge in [-0.25, -0.2) is 0 Å². The molecule has 0 aromatic carbocycles. The van der Waals surface area contributed by atoms with Crippen molar-refractivity contribution in [1.29, 1.82) is 0 Å². The summed E-state index contributed by atoms with van der Waals surface area (Å²) in [6, 6.07) is 0. The lowest BCUT2D eigenvalue weighted by molar-refractivity contribution is -0.125. The van der Waals surface area contributed by atoms with Crippen LogP contribution in [0.15, 0.2) is 48.8 Å². The van der Waals surface area contributed by atoms with E-state index >= 15 is 0 Å². The highest BCUT2D eigenvalue weighted by Gasteiger charge is 2.07. The highest BCUT2D eigenvalue weighted by atomic mass is 16.5. The number of rotatable bonds is 8. The third-order valence-corrected chi connectivity index (χ3v) is 2.40. The summed E-state index contributed by atoms with van der Waals surface area (Å²) in [5, 5.41) is 0. The van der Waals surface area contributed by atoms with Crippen LogP contribution in [0.2, 0.25) is 0 Å². The topological polar surface area (TPSA) is 29.5 Å². The summed E-state index contributed by atoms with van der Waals surface area (Å²) in [6.07, 6.45) is 6.65. The number of likely N-dealkylation sites (N-methyl/N-ethyl adjacent to an activating group) is 1. The maximum Gasteiger partial charge on any atom is 0.250 e. The molecular formula is C15H23NO2. The summed E-state index contributed by atoms with van der Waals surface area (Å²) in [6.45, 7) is 14.8. The second kappa shape index (κ2) is 9.28. The van der Waals surface area contributed by atoms with Crippen molar-refractivity contribution in [3.8, 4) is 0 Å². The fourth-order valence-electron chi connectivity index (χ4n) is 1.31. The van der Waals surface area contributed by atoms with E-state index < -0.39 is 0 Å². The first kappa shape index (κ1) is 16.2. The minimum Gasteiger partial charge on any atom is -0.489 e. The van der Waals surface area contributed by atoms with Crippen molar-refractivity contribution in [1.82, 2.24) is 4.90 Å². The third kappa shape index (κ3) is 6.09. The molecule has 0 fully saturated rings. The zero-order valence-electron chi connectivity index (χ0n) is 11.6. The maximum absolute atomic E-state index is 11.9. The lowest BCUT2D eigenvalue weighted by atomic mass is 10.2. The minimum absolute atomic E-state index is 0.0489. The van der Waals surface area contributed by atoms with Crippen LogP contribution in [0.25, 0.3) is 0 Å². The molecule has 100 valence electrons. The Morgan fingerprint density at radius 2 is 1.83 bits per heavy atom. The zero-order chi connectivity index (χ0) is 14.0. The van der Waals surface area contributed by atoms with E-state index in [9.17, 15) is 4.79 Å². The average molecular weight is 249 g/mol. The van der Waals surface area contributed by atoms with E-state index in [1.54, 1.807) is 23.1 Å². The summed E-state index contributed by atoms with van der Waals surface area (Å²) in [5.41, 5.74) is 0.942. The van der Waals surface area contributed by atoms with Gasteiger partial charge in [-0.1, -0.05) is 25.3 Å². The van der Waals surface area contributed by atoms with Gasteiger partial charge in [0.2, 0.25) is 5.91 Å². The molecular weight excluding hydrogens is 226 g/mol. The molecule has 0 spiro atoms. The van der Waals surface area contributed by atoms with Crippen LogP contribution < -0.4 is 0 Å². The van der Waals surface area contributed by atoms with Gasteiger partial charge in [0.1, 0.15) is 12.4 Å². The number of ether oxygens (including phenoxy) is 1. The molecule has 1 amide bonds. The van der Waals surface area contributed by atoms with Crippen molar-refractivity contribution in [3.05, 3.63) is 48.8 Å². The van der Waals surface area contributed by atoms with Crippen LogP contribution in [0.3, 0.4) is 0 Å². The number of hydrogen-bond acceptors (Lipinski definition) is 2. The van der Waals surface area contributed by atoms with Gasteiger partial charge in [0.25, 0.3) is 0 Å². The first-order chi connectivity index (χ1) is 8.58. The second-order valence-electron chi connectivity index (χ2n) is 3.75. The van der Waals surface area contributed by atoms with Gasteiger partial charge in [0, 0.05) is 19.2 Å². The molecule has 18 heavy (non-hydrogen) atoms. The van der Waals surface area contributed by atoms with E-state index in [4.69, 9.17) is 4.74 Å². The molecule has 0 N–H and O–H groups in total. The number of nitrogens with zero attached hydrogens (tertiary/aromatic N) is 1. The van der Waals surface area contributed by atoms with Gasteiger partial charge < -0.3 is 9.64 Å². The van der Waals surface area contributed by atoms with Crippen LogP contribution in [0, 0.1) is 0 Å². The third-order valence-electron chi connectivity index (χ3n) is 2.40. The Hall–Kier alpha value is -1.77. The van der Waals surface area contributed by atoms with E-state index in [-0.39, 0.29) is 5.91 Å². The number of allylic oxidation sites excluding steroid dienone is 3. The maximum atomic E-state index is 11.9. The van der Waals surface area contributed by atoms with Gasteiger partial charge in [-0.15, -0.1) is 0 Å². The standard InChI is InChI=1S/C15H23NO2/c1-6-10-18-14(11-13(5)7-2)12-15(17)16(8-3)9-4/h6-7,11-12H,1-2,8-10H2,3-5H3/b13-11-,14-12-. The Morgan fingerprint density at radius 3 is 2.28 bits per heavy atom. The lowest BCUT2D eigenvalue weighted by Gasteiger charge is -2.16. The Balaban J connectivity index is 4.98. The summed E-state index contributed by atoms with van der Waals surface area (Å²) < 4.78 is 5.44. The van der Waals surface area contributed by atoms with E-state index in [0.29, 0.717) is 25.5 Å². The van der Waals surface area contributed by atoms with Gasteiger partial charge in [-0.05, 0) is 32.4 Å². The molecule has 3 heteroatoms. The van der Waals surface area contributed by atoms with Crippen molar-refractivity contribution >= 4 is 5.91 Å². The molecule has 0 aliphatic carbocycles. The van der Waals surface area contributed by atoms with Crippen LogP contribution in [0.5, 0.6) is 0 Å². The van der Waals surface area contributed by atoms with E-state index in [0.717, 1.165) is 5.57 Å². The summed E-state index contributed by atoms with van der Waals surface area (Å²) >= 11 is 0. The Labute approximate surface area is 110 Å². The number of hydrogen-bond donors (Lipinski definition) is 0. The molecule has 0 aliphatic rings. The predicted molar refractivity (Wildman–Crippen MR) is 76.1 cm³/mol. The molecule has 0 unspecified atom stereocenters. The highest BCUT2D eigenvalue weighted by molar-refractivity contribution is 5.88. The number of carbonyl (C=O) groups excluding carboxylic acids is 1. The van der Waals surface area contributed by atoms with Gasteiger partial charge >= 0.3 is 0 Å². The van der Waals surface area contributed by atoms with Crippen molar-refractivity contribution in [2.75, 3.05) is 19.7 Å². The van der Waals surface area contributed by atoms with Crippen molar-refractivity contribution in [2.45, 2.75) is 20.8 Å². The molecule has 0 aromatic rings. The largest absolute Gasteiger partial charge is 0.489 e. The van der Waals surface area contributed by atoms with Gasteiger partial charge in [-0.3, -0.25) is 4.79 Å². The molecule has 0 aromatic heterocycles. The minimum atomic E-state index is -0.0489. The second-order valence-corrected chi connectivity index (χ2v) is 3.75. The normalized spacial score (nSPS) is 11.9. The van der Waals surface area contributed by atoms with Gasteiger partial charge in [0.15, 0.2) is 0 Å². The summed E-state index contributed by atoms with van der Waals surface area (Å²) in [4.78, 5) is 13.7. The molecule has 0 radical (unpaired) electrons. The molecule has 3 nitrogen and oxygen atoms in total. The average Bonchev–Trinajstić information content (AvgIpc) is 2.37. The Bertz CT molecular complexity index is 350. The van der Waals surface area contributed by atoms with Gasteiger partial charge in [-0.2, -0.15) is 0 Å². The van der Waals surface area contributed by atoms with E-state index in [2.05, 4.69) is 13.2 Å². The Kier molecular flexibility index (Phi) is 8.37. The van der Waals surface area contributed by atoms with E-state index in [1.165, 1.54) is 6.08 Å². The quantitative estimate of drug-likeness (QED) is 0.286. The van der Waals surface area contributed by atoms with Crippen LogP contribution >= 0.6 is 0 Å². The number of carbonyl (C=O) groups is 1. The molecule has 0 heterocycles. The molecule has 0 saturated heterocycles. The van der Waals surface area contributed by atoms with Gasteiger partial charge in [0.05, 0.1) is 0 Å². The molecule has 0 aliphatic heterocycles. The van der Waals surface area contributed by atoms with Crippen LogP contribution in [-0.4, -0.2) is 30.5 Å². The van der Waals surface area contributed by atoms with Crippen molar-refractivity contribution in [2.24, 2.45) is 0 Å². The molecule has 0 rings (SSSR count). The number of amides is 1. The summed E-state index contributed by atoms with van der Waals surface area (Å²) in [5.74, 6) is 0.483. The van der Waals surface area contributed by atoms with Crippen LogP contribution in [0.1, 0.15) is 20.8 Å². The lowest BCUT2D eigenvalue weighted by Crippen LogP contribution is -2.29. The first-order valence-electron chi connectivity index (χ1n) is 6.14. The highest BCUT2D eigenvalue weighted by Crippen LogP contribution is 2.07. The molecule has 0 atom stereocenters. The SMILES string of the molecule is C=CCOC(/C=C(/C)C=C)=C\C(=O)N(CC)CC. The van der Waals surface area contributed by atoms with E-state index in [1.807, 2.05) is 20.8 Å². The monoisotopic (exact) mass is 249 g/mol. The fourth-order valence-corrected chi connectivity index (χ4v) is 1.31. The first-order valence-corrected chi connectivity index (χ1v) is 6.14. The van der Waals surface area contributed by atoms with Crippen molar-refractivity contribution < 1.29 is 9.53 Å². The summed E-state index contributed by atoms with van der Waals surface area (Å²) in [7, 11) is 0. The van der Waals surface area contributed by atoms with Crippen LogP contribution in [-0.2, 0) is 9.53 Å². The van der Waals surface area contributed by atoms with Crippen molar-refractivity contribution in [3.63, 3.8) is 0 Å². The smallest absolute Gasteiger partial charge is 0.250 e. The fraction of sp³-hybridized carbons (Fsp3) is 0.400. The molecule has 0 saturated carbocycles. The van der Waals surface area contributed by atoms with Crippen LogP contribution in [0.4, 0.5) is 0 Å². The zero-order valence-corrected chi connectivity index (χ0v) is 11.6. The predicted octanol–water partition coefficient (Wildman–Crippen LogP) is 3.07.